The molecule has 4 nitrogen and oxygen atoms in total. The van der Waals surface area contributed by atoms with E-state index < -0.39 is 17.6 Å². The molecule has 110 valence electrons. The molecule has 1 aromatic rings. The van der Waals surface area contributed by atoms with Crippen LogP contribution in [-0.2, 0) is 9.53 Å². The molecule has 0 aliphatic heterocycles. The lowest BCUT2D eigenvalue weighted by atomic mass is 10.0. The Morgan fingerprint density at radius 1 is 1.20 bits per heavy atom. The van der Waals surface area contributed by atoms with E-state index in [0.717, 1.165) is 11.1 Å². The third-order valence-electron chi connectivity index (χ3n) is 2.96. The first-order valence-corrected chi connectivity index (χ1v) is 6.72. The maximum Gasteiger partial charge on any atom is 0.328 e. The fourth-order valence-corrected chi connectivity index (χ4v) is 1.72. The van der Waals surface area contributed by atoms with Crippen LogP contribution in [0.4, 0.5) is 0 Å². The Hall–Kier alpha value is -1.84. The molecule has 0 aromatic heterocycles. The van der Waals surface area contributed by atoms with Gasteiger partial charge < -0.3 is 10.1 Å². The van der Waals surface area contributed by atoms with E-state index in [1.54, 1.807) is 33.8 Å². The van der Waals surface area contributed by atoms with Crippen LogP contribution in [-0.4, -0.2) is 23.5 Å². The highest BCUT2D eigenvalue weighted by atomic mass is 16.6. The third-order valence-corrected chi connectivity index (χ3v) is 2.96. The normalized spacial score (nSPS) is 12.7. The van der Waals surface area contributed by atoms with Crippen molar-refractivity contribution < 1.29 is 14.3 Å². The van der Waals surface area contributed by atoms with E-state index in [1.807, 2.05) is 26.0 Å². The summed E-state index contributed by atoms with van der Waals surface area (Å²) in [6.45, 7) is 10.8. The van der Waals surface area contributed by atoms with Crippen molar-refractivity contribution in [2.45, 2.75) is 53.2 Å². The quantitative estimate of drug-likeness (QED) is 0.864. The minimum absolute atomic E-state index is 0.260. The number of carbonyl (C=O) groups excluding carboxylic acids is 2. The molecular formula is C16H23NO3. The van der Waals surface area contributed by atoms with E-state index in [2.05, 4.69) is 5.32 Å². The Kier molecular flexibility index (Phi) is 4.93. The summed E-state index contributed by atoms with van der Waals surface area (Å²) in [4.78, 5) is 24.0. The van der Waals surface area contributed by atoms with Gasteiger partial charge in [0, 0.05) is 5.56 Å². The molecular weight excluding hydrogens is 254 g/mol. The van der Waals surface area contributed by atoms with Crippen LogP contribution in [0.1, 0.15) is 49.2 Å². The molecule has 0 fully saturated rings. The number of rotatable bonds is 3. The lowest BCUT2D eigenvalue weighted by Gasteiger charge is -2.23. The van der Waals surface area contributed by atoms with Crippen molar-refractivity contribution in [1.82, 2.24) is 5.32 Å². The van der Waals surface area contributed by atoms with Gasteiger partial charge in [-0.25, -0.2) is 4.79 Å². The molecule has 1 atom stereocenters. The Bertz CT molecular complexity index is 515. The maximum atomic E-state index is 12.2. The molecule has 0 unspecified atom stereocenters. The van der Waals surface area contributed by atoms with Gasteiger partial charge in [-0.2, -0.15) is 0 Å². The molecule has 0 saturated heterocycles. The van der Waals surface area contributed by atoms with Gasteiger partial charge in [-0.3, -0.25) is 4.79 Å². The van der Waals surface area contributed by atoms with Crippen LogP contribution in [0.2, 0.25) is 0 Å². The number of aryl methyl sites for hydroxylation is 1. The summed E-state index contributed by atoms with van der Waals surface area (Å²) in [5, 5.41) is 2.67. The summed E-state index contributed by atoms with van der Waals surface area (Å²) in [7, 11) is 0. The number of benzene rings is 1. The summed E-state index contributed by atoms with van der Waals surface area (Å²) in [6.07, 6.45) is 0. The minimum Gasteiger partial charge on any atom is -0.458 e. The lowest BCUT2D eigenvalue weighted by Crippen LogP contribution is -2.42. The molecule has 1 rings (SSSR count). The van der Waals surface area contributed by atoms with Crippen molar-refractivity contribution in [2.75, 3.05) is 0 Å². The zero-order chi connectivity index (χ0) is 15.5. The Morgan fingerprint density at radius 3 is 2.35 bits per heavy atom. The molecule has 1 aromatic carbocycles. The summed E-state index contributed by atoms with van der Waals surface area (Å²) < 4.78 is 5.24. The molecule has 1 amide bonds. The van der Waals surface area contributed by atoms with Gasteiger partial charge in [0.15, 0.2) is 0 Å². The zero-order valence-corrected chi connectivity index (χ0v) is 13.0. The van der Waals surface area contributed by atoms with Crippen LogP contribution in [0.5, 0.6) is 0 Å². The van der Waals surface area contributed by atoms with Gasteiger partial charge in [0.25, 0.3) is 5.91 Å². The Balaban J connectivity index is 2.76. The molecule has 0 aliphatic rings. The van der Waals surface area contributed by atoms with Gasteiger partial charge in [0.2, 0.25) is 0 Å². The smallest absolute Gasteiger partial charge is 0.328 e. The summed E-state index contributed by atoms with van der Waals surface area (Å²) in [5.41, 5.74) is 1.99. The molecule has 20 heavy (non-hydrogen) atoms. The summed E-state index contributed by atoms with van der Waals surface area (Å²) >= 11 is 0. The first-order valence-electron chi connectivity index (χ1n) is 6.72. The van der Waals surface area contributed by atoms with Crippen LogP contribution in [0.3, 0.4) is 0 Å². The largest absolute Gasteiger partial charge is 0.458 e. The van der Waals surface area contributed by atoms with Gasteiger partial charge in [-0.05, 0) is 58.7 Å². The average Bonchev–Trinajstić information content (AvgIpc) is 2.30. The minimum atomic E-state index is -0.679. The molecule has 4 heteroatoms. The highest BCUT2D eigenvalue weighted by Gasteiger charge is 2.23. The van der Waals surface area contributed by atoms with Crippen LogP contribution in [0.25, 0.3) is 0 Å². The van der Waals surface area contributed by atoms with Crippen molar-refractivity contribution in [2.24, 2.45) is 0 Å². The topological polar surface area (TPSA) is 55.4 Å². The van der Waals surface area contributed by atoms with Crippen LogP contribution >= 0.6 is 0 Å². The second kappa shape index (κ2) is 6.07. The molecule has 0 radical (unpaired) electrons. The standard InChI is InChI=1S/C16H23NO3/c1-10-8-7-9-13(11(10)2)14(18)17-12(3)15(19)20-16(4,5)6/h7-9,12H,1-6H3,(H,17,18)/t12-/m0/s1. The molecule has 0 aliphatic carbocycles. The number of ether oxygens (including phenoxy) is 1. The van der Waals surface area contributed by atoms with E-state index in [-0.39, 0.29) is 5.91 Å². The predicted octanol–water partition coefficient (Wildman–Crippen LogP) is 2.76. The second-order valence-electron chi connectivity index (χ2n) is 5.98. The zero-order valence-electron chi connectivity index (χ0n) is 13.0. The van der Waals surface area contributed by atoms with E-state index >= 15 is 0 Å². The molecule has 0 bridgehead atoms. The van der Waals surface area contributed by atoms with E-state index in [0.29, 0.717) is 5.56 Å². The number of esters is 1. The summed E-state index contributed by atoms with van der Waals surface area (Å²) in [5.74, 6) is -0.694. The summed E-state index contributed by atoms with van der Waals surface area (Å²) in [6, 6.07) is 4.85. The van der Waals surface area contributed by atoms with Crippen molar-refractivity contribution in [3.63, 3.8) is 0 Å². The van der Waals surface area contributed by atoms with Gasteiger partial charge in [0.05, 0.1) is 0 Å². The second-order valence-corrected chi connectivity index (χ2v) is 5.98. The van der Waals surface area contributed by atoms with Gasteiger partial charge in [0.1, 0.15) is 11.6 Å². The molecule has 0 spiro atoms. The van der Waals surface area contributed by atoms with Gasteiger partial charge >= 0.3 is 5.97 Å². The van der Waals surface area contributed by atoms with Crippen molar-refractivity contribution in [3.8, 4) is 0 Å². The Labute approximate surface area is 120 Å². The lowest BCUT2D eigenvalue weighted by molar-refractivity contribution is -0.156. The molecule has 0 saturated carbocycles. The Morgan fingerprint density at radius 2 is 1.80 bits per heavy atom. The maximum absolute atomic E-state index is 12.2. The van der Waals surface area contributed by atoms with Crippen molar-refractivity contribution in [1.29, 1.82) is 0 Å². The average molecular weight is 277 g/mol. The fourth-order valence-electron chi connectivity index (χ4n) is 1.72. The fraction of sp³-hybridized carbons (Fsp3) is 0.500. The molecule has 0 heterocycles. The van der Waals surface area contributed by atoms with E-state index in [1.165, 1.54) is 0 Å². The van der Waals surface area contributed by atoms with Crippen molar-refractivity contribution >= 4 is 11.9 Å². The van der Waals surface area contributed by atoms with Crippen LogP contribution < -0.4 is 5.32 Å². The number of hydrogen-bond acceptors (Lipinski definition) is 3. The number of amides is 1. The monoisotopic (exact) mass is 277 g/mol. The first kappa shape index (κ1) is 16.2. The van der Waals surface area contributed by atoms with E-state index in [9.17, 15) is 9.59 Å². The van der Waals surface area contributed by atoms with Crippen molar-refractivity contribution in [3.05, 3.63) is 34.9 Å². The van der Waals surface area contributed by atoms with E-state index in [4.69, 9.17) is 4.74 Å². The number of carbonyl (C=O) groups is 2. The van der Waals surface area contributed by atoms with Gasteiger partial charge in [-0.15, -0.1) is 0 Å². The molecule has 1 N–H and O–H groups in total. The predicted molar refractivity (Wildman–Crippen MR) is 78.7 cm³/mol. The SMILES string of the molecule is Cc1cccc(C(=O)N[C@@H](C)C(=O)OC(C)(C)C)c1C. The third kappa shape index (κ3) is 4.37. The highest BCUT2D eigenvalue weighted by molar-refractivity contribution is 5.98. The highest BCUT2D eigenvalue weighted by Crippen LogP contribution is 2.13. The van der Waals surface area contributed by atoms with Crippen LogP contribution in [0.15, 0.2) is 18.2 Å². The first-order chi connectivity index (χ1) is 9.11. The van der Waals surface area contributed by atoms with Crippen LogP contribution in [0, 0.1) is 13.8 Å². The number of hydrogen-bond donors (Lipinski definition) is 1. The number of nitrogens with one attached hydrogen (secondary N) is 1. The van der Waals surface area contributed by atoms with Gasteiger partial charge in [-0.1, -0.05) is 12.1 Å².